The Labute approximate surface area is 330 Å². The fraction of sp³-hybridized carbons (Fsp3) is 0.724. The molecule has 28 heteroatoms. The van der Waals surface area contributed by atoms with E-state index in [0.29, 0.717) is 18.7 Å². The van der Waals surface area contributed by atoms with Gasteiger partial charge in [0.2, 0.25) is 11.8 Å². The van der Waals surface area contributed by atoms with Crippen LogP contribution in [0.1, 0.15) is 66.5 Å². The Balaban J connectivity index is 1.51. The molecular formula is C29H52N7O17P3S. The lowest BCUT2D eigenvalue weighted by atomic mass is 9.87. The molecule has 0 saturated carbocycles. The molecule has 3 rings (SSSR count). The number of nitrogen functional groups attached to an aromatic ring is 1. The lowest BCUT2D eigenvalue weighted by molar-refractivity contribution is -0.137. The number of ether oxygens (including phenoxy) is 1. The third-order valence-electron chi connectivity index (χ3n) is 8.61. The summed E-state index contributed by atoms with van der Waals surface area (Å²) in [6.45, 7) is 6.52. The first-order valence-corrected chi connectivity index (χ1v) is 23.7. The number of thiol groups is 1. The minimum absolute atomic E-state index is 0.0328. The molecule has 1 fully saturated rings. The number of carbonyl (C=O) groups excluding carboxylic acids is 3. The van der Waals surface area contributed by atoms with Gasteiger partial charge in [0, 0.05) is 31.3 Å². The highest BCUT2D eigenvalue weighted by atomic mass is 32.2. The van der Waals surface area contributed by atoms with E-state index in [1.807, 2.05) is 20.8 Å². The number of aliphatic hydroxyl groups is 2. The zero-order chi connectivity index (χ0) is 42.9. The van der Waals surface area contributed by atoms with Crippen molar-refractivity contribution in [1.82, 2.24) is 30.2 Å². The first-order chi connectivity index (χ1) is 26.4. The van der Waals surface area contributed by atoms with Gasteiger partial charge in [-0.15, -0.1) is 0 Å². The van der Waals surface area contributed by atoms with Crippen molar-refractivity contribution in [1.29, 1.82) is 0 Å². The van der Waals surface area contributed by atoms with Crippen molar-refractivity contribution >= 4 is 68.3 Å². The van der Waals surface area contributed by atoms with Crippen LogP contribution in [0.5, 0.6) is 0 Å². The Morgan fingerprint density at radius 2 is 1.72 bits per heavy atom. The maximum absolute atomic E-state index is 12.7. The average Bonchev–Trinajstić information content (AvgIpc) is 3.67. The Kier molecular flexibility index (Phi) is 17.8. The zero-order valence-corrected chi connectivity index (χ0v) is 35.4. The number of fused-ring (bicyclic) bond motifs is 1. The van der Waals surface area contributed by atoms with E-state index in [0.717, 1.165) is 30.1 Å². The standard InChI is InChI=1S/C29H52N7O17P3S/c1-6-8-17(3)57(20(38)7-2)12-11-31-19(37)9-10-32-27(41)24(40)29(4,5)14-50-56(47,48)53-55(45,46)49-13-18-23(52-54(42,43)44)22(39)28(51-18)36-16-35-21-25(30)33-15-34-26(21)36/h15-18,22-24,28,39-40,57H,6-14H2,1-5H3,(H,31,37)(H,32,41)(H,45,46)(H,47,48)(H2,30,33,34)(H2,42,43,44)/t17?,18-,22-,23-,24?,28-/m1/s1. The van der Waals surface area contributed by atoms with Gasteiger partial charge in [0.25, 0.3) is 0 Å². The molecule has 2 aromatic rings. The van der Waals surface area contributed by atoms with Crippen LogP contribution >= 0.6 is 34.4 Å². The number of nitrogens with one attached hydrogen (secondary N) is 2. The average molecular weight is 896 g/mol. The van der Waals surface area contributed by atoms with Crippen LogP contribution in [0, 0.1) is 5.41 Å². The topological polar surface area (TPSA) is 364 Å². The van der Waals surface area contributed by atoms with E-state index in [4.69, 9.17) is 19.5 Å². The highest BCUT2D eigenvalue weighted by Crippen LogP contribution is 2.61. The molecule has 0 spiro atoms. The Morgan fingerprint density at radius 1 is 1.05 bits per heavy atom. The van der Waals surface area contributed by atoms with Gasteiger partial charge >= 0.3 is 23.5 Å². The molecule has 326 valence electrons. The number of hydrogen-bond donors (Lipinski definition) is 10. The van der Waals surface area contributed by atoms with E-state index in [9.17, 15) is 57.9 Å². The summed E-state index contributed by atoms with van der Waals surface area (Å²) in [5.74, 6) is -0.857. The SMILES string of the molecule is CCCC(C)[SH](CCNC(=O)CCNC(=O)C(O)C(C)(C)COP(=O)(O)OP(=O)(O)OC[C@H]1O[C@@H](n2cnc3c(N)ncnc32)[C@H](O)[C@@H]1OP(=O)(O)O)C(=O)CC. The number of aromatic nitrogens is 4. The van der Waals surface area contributed by atoms with Gasteiger partial charge in [-0.1, -0.05) is 41.0 Å². The summed E-state index contributed by atoms with van der Waals surface area (Å²) in [5, 5.41) is 27.0. The first-order valence-electron chi connectivity index (χ1n) is 17.6. The molecule has 0 aromatic carbocycles. The van der Waals surface area contributed by atoms with Crippen molar-refractivity contribution in [3.63, 3.8) is 0 Å². The van der Waals surface area contributed by atoms with E-state index in [1.165, 1.54) is 13.8 Å². The van der Waals surface area contributed by atoms with Crippen molar-refractivity contribution in [2.75, 3.05) is 37.8 Å². The summed E-state index contributed by atoms with van der Waals surface area (Å²) in [4.78, 5) is 88.4. The van der Waals surface area contributed by atoms with Gasteiger partial charge in [-0.2, -0.15) is 15.2 Å². The Bertz CT molecular complexity index is 1850. The number of hydrogen-bond acceptors (Lipinski definition) is 17. The van der Waals surface area contributed by atoms with Crippen molar-refractivity contribution in [2.24, 2.45) is 5.41 Å². The van der Waals surface area contributed by atoms with Crippen LogP contribution in [-0.2, 0) is 50.7 Å². The van der Waals surface area contributed by atoms with E-state index >= 15 is 0 Å². The molecule has 1 saturated heterocycles. The molecule has 1 aliphatic heterocycles. The summed E-state index contributed by atoms with van der Waals surface area (Å²) < 4.78 is 62.2. The van der Waals surface area contributed by atoms with Gasteiger partial charge in [0.15, 0.2) is 22.8 Å². The number of anilines is 1. The predicted molar refractivity (Wildman–Crippen MR) is 203 cm³/mol. The van der Waals surface area contributed by atoms with Gasteiger partial charge in [-0.25, -0.2) is 28.6 Å². The molecule has 0 bridgehead atoms. The number of carbonyl (C=O) groups is 3. The van der Waals surface area contributed by atoms with E-state index < -0.39 is 95.4 Å². The Morgan fingerprint density at radius 3 is 2.35 bits per heavy atom. The number of aliphatic hydroxyl groups excluding tert-OH is 2. The van der Waals surface area contributed by atoms with Gasteiger partial charge in [-0.3, -0.25) is 32.5 Å². The van der Waals surface area contributed by atoms with E-state index in [1.54, 1.807) is 0 Å². The highest BCUT2D eigenvalue weighted by Gasteiger charge is 2.50. The summed E-state index contributed by atoms with van der Waals surface area (Å²) in [6.07, 6.45) is -4.59. The van der Waals surface area contributed by atoms with Crippen LogP contribution in [0.15, 0.2) is 12.7 Å². The van der Waals surface area contributed by atoms with Crippen molar-refractivity contribution in [3.05, 3.63) is 12.7 Å². The fourth-order valence-electron chi connectivity index (χ4n) is 5.62. The van der Waals surface area contributed by atoms with Crippen LogP contribution in [0.4, 0.5) is 5.82 Å². The van der Waals surface area contributed by atoms with Crippen LogP contribution < -0.4 is 16.4 Å². The molecule has 10 N–H and O–H groups in total. The van der Waals surface area contributed by atoms with E-state index in [-0.39, 0.29) is 40.3 Å². The molecule has 1 aliphatic rings. The minimum atomic E-state index is -5.57. The third-order valence-corrected chi connectivity index (χ3v) is 14.7. The maximum atomic E-state index is 12.7. The molecule has 9 atom stereocenters. The largest absolute Gasteiger partial charge is 0.481 e. The van der Waals surface area contributed by atoms with Crippen molar-refractivity contribution in [2.45, 2.75) is 96.2 Å². The lowest BCUT2D eigenvalue weighted by Gasteiger charge is -2.30. The number of nitrogens with two attached hydrogens (primary N) is 1. The Hall–Kier alpha value is -2.44. The smallest absolute Gasteiger partial charge is 0.386 e. The predicted octanol–water partition coefficient (Wildman–Crippen LogP) is 0.531. The number of rotatable bonds is 23. The number of amides is 2. The molecule has 3 heterocycles. The first kappa shape index (κ1) is 48.9. The van der Waals surface area contributed by atoms with Gasteiger partial charge < -0.3 is 50.9 Å². The van der Waals surface area contributed by atoms with Crippen LogP contribution in [-0.4, -0.2) is 128 Å². The second-order valence-corrected chi connectivity index (χ2v) is 20.7. The molecule has 57 heavy (non-hydrogen) atoms. The van der Waals surface area contributed by atoms with Gasteiger partial charge in [0.05, 0.1) is 19.5 Å². The molecule has 2 amide bonds. The summed E-state index contributed by atoms with van der Waals surface area (Å²) >= 11 is 0. The lowest BCUT2D eigenvalue weighted by Crippen LogP contribution is -2.46. The molecule has 24 nitrogen and oxygen atoms in total. The van der Waals surface area contributed by atoms with Gasteiger partial charge in [0.1, 0.15) is 36.3 Å². The quantitative estimate of drug-likeness (QED) is 0.0537. The van der Waals surface area contributed by atoms with Crippen molar-refractivity contribution < 1.29 is 80.5 Å². The monoisotopic (exact) mass is 895 g/mol. The zero-order valence-electron chi connectivity index (χ0n) is 31.8. The summed E-state index contributed by atoms with van der Waals surface area (Å²) in [6, 6.07) is 0. The second kappa shape index (κ2) is 20.7. The fourth-order valence-corrected chi connectivity index (χ4v) is 11.0. The molecule has 0 radical (unpaired) electrons. The van der Waals surface area contributed by atoms with Crippen LogP contribution in [0.3, 0.4) is 0 Å². The minimum Gasteiger partial charge on any atom is -0.386 e. The summed E-state index contributed by atoms with van der Waals surface area (Å²) in [5.41, 5.74) is 4.28. The summed E-state index contributed by atoms with van der Waals surface area (Å²) in [7, 11) is -17.3. The molecule has 2 aromatic heterocycles. The highest BCUT2D eigenvalue weighted by molar-refractivity contribution is 8.30. The van der Waals surface area contributed by atoms with Crippen LogP contribution in [0.25, 0.3) is 11.2 Å². The van der Waals surface area contributed by atoms with Crippen LogP contribution in [0.2, 0.25) is 0 Å². The number of imidazole rings is 1. The third kappa shape index (κ3) is 14.4. The number of nitrogens with zero attached hydrogens (tertiary/aromatic N) is 4. The second-order valence-electron chi connectivity index (χ2n) is 13.6. The van der Waals surface area contributed by atoms with Gasteiger partial charge in [-0.05, 0) is 17.4 Å². The molecule has 0 aliphatic carbocycles. The van der Waals surface area contributed by atoms with Crippen molar-refractivity contribution in [3.8, 4) is 0 Å². The maximum Gasteiger partial charge on any atom is 0.481 e. The molecule has 5 unspecified atom stereocenters. The number of phosphoric acid groups is 3. The van der Waals surface area contributed by atoms with E-state index in [2.05, 4.69) is 34.4 Å². The number of phosphoric ester groups is 3. The molecular weight excluding hydrogens is 843 g/mol. The normalized spacial score (nSPS) is 23.0.